The summed E-state index contributed by atoms with van der Waals surface area (Å²) in [6.07, 6.45) is 0. The van der Waals surface area contributed by atoms with Gasteiger partial charge in [0.25, 0.3) is 0 Å². The second kappa shape index (κ2) is 7.12. The van der Waals surface area contributed by atoms with Crippen molar-refractivity contribution in [3.05, 3.63) is 84.4 Å². The molecule has 122 valence electrons. The Balaban J connectivity index is 1.88. The summed E-state index contributed by atoms with van der Waals surface area (Å²) in [6, 6.07) is 25.6. The molecule has 0 heterocycles. The van der Waals surface area contributed by atoms with E-state index in [9.17, 15) is 4.57 Å². The highest BCUT2D eigenvalue weighted by Crippen LogP contribution is 2.38. The van der Waals surface area contributed by atoms with E-state index in [0.29, 0.717) is 0 Å². The molecule has 4 nitrogen and oxygen atoms in total. The van der Waals surface area contributed by atoms with Gasteiger partial charge < -0.3 is 9.79 Å². The molecule has 3 aromatic carbocycles. The van der Waals surface area contributed by atoms with Gasteiger partial charge in [-0.2, -0.15) is 0 Å². The Bertz CT molecular complexity index is 854. The summed E-state index contributed by atoms with van der Waals surface area (Å²) < 4.78 is 15.6. The fraction of sp³-hybridized carbons (Fsp3) is 0.0526. The van der Waals surface area contributed by atoms with Gasteiger partial charge >= 0.3 is 7.82 Å². The second-order valence-electron chi connectivity index (χ2n) is 5.36. The molecular formula is C19H17O4P. The molecule has 0 spiro atoms. The third-order valence-corrected chi connectivity index (χ3v) is 4.17. The van der Waals surface area contributed by atoms with E-state index < -0.39 is 7.82 Å². The molecule has 0 bridgehead atoms. The van der Waals surface area contributed by atoms with E-state index in [0.717, 1.165) is 27.8 Å². The van der Waals surface area contributed by atoms with Crippen molar-refractivity contribution in [1.82, 2.24) is 0 Å². The smallest absolute Gasteiger partial charge is 0.303 e. The Labute approximate surface area is 140 Å². The molecule has 0 radical (unpaired) electrons. The highest BCUT2D eigenvalue weighted by atomic mass is 31.2. The highest BCUT2D eigenvalue weighted by Gasteiger charge is 2.15. The van der Waals surface area contributed by atoms with Crippen LogP contribution in [0.1, 0.15) is 5.56 Å². The van der Waals surface area contributed by atoms with E-state index >= 15 is 0 Å². The summed E-state index contributed by atoms with van der Waals surface area (Å²) in [4.78, 5) is 17.8. The van der Waals surface area contributed by atoms with E-state index in [2.05, 4.69) is 16.7 Å². The molecule has 5 heteroatoms. The van der Waals surface area contributed by atoms with E-state index in [1.807, 2.05) is 60.7 Å². The average molecular weight is 340 g/mol. The Kier molecular flexibility index (Phi) is 4.93. The number of rotatable bonds is 5. The summed E-state index contributed by atoms with van der Waals surface area (Å²) in [5.74, 6) is 0. The third kappa shape index (κ3) is 4.19. The molecule has 0 atom stereocenters. The Morgan fingerprint density at radius 1 is 0.708 bits per heavy atom. The molecule has 3 rings (SSSR count). The van der Waals surface area contributed by atoms with Crippen LogP contribution in [0.25, 0.3) is 22.3 Å². The van der Waals surface area contributed by atoms with Crippen LogP contribution in [0.2, 0.25) is 0 Å². The minimum Gasteiger partial charge on any atom is -0.303 e. The van der Waals surface area contributed by atoms with Crippen LogP contribution in [0.3, 0.4) is 0 Å². The molecule has 0 amide bonds. The van der Waals surface area contributed by atoms with Crippen LogP contribution < -0.4 is 0 Å². The molecule has 2 N–H and O–H groups in total. The summed E-state index contributed by atoms with van der Waals surface area (Å²) in [7, 11) is -4.49. The van der Waals surface area contributed by atoms with Crippen LogP contribution in [-0.2, 0) is 15.7 Å². The van der Waals surface area contributed by atoms with Crippen molar-refractivity contribution in [1.29, 1.82) is 0 Å². The standard InChI is InChI=1S/C19H17O4P/c20-24(21,22)23-14-18-8-4-5-9-19(18)17-12-10-16(11-13-17)15-6-2-1-3-7-15/h1-13H,14H2,(H2,20,21,22). The predicted molar refractivity (Wildman–Crippen MR) is 94.1 cm³/mol. The molecule has 0 aromatic heterocycles. The van der Waals surface area contributed by atoms with Crippen LogP contribution in [0.15, 0.2) is 78.9 Å². The first-order chi connectivity index (χ1) is 11.5. The zero-order chi connectivity index (χ0) is 17.0. The first-order valence-electron chi connectivity index (χ1n) is 7.47. The maximum absolute atomic E-state index is 10.9. The number of phosphoric acid groups is 1. The largest absolute Gasteiger partial charge is 0.469 e. The lowest BCUT2D eigenvalue weighted by atomic mass is 9.97. The topological polar surface area (TPSA) is 66.8 Å². The van der Waals surface area contributed by atoms with Crippen molar-refractivity contribution in [2.45, 2.75) is 6.61 Å². The lowest BCUT2D eigenvalue weighted by Crippen LogP contribution is -1.94. The molecule has 0 aliphatic rings. The van der Waals surface area contributed by atoms with Crippen molar-refractivity contribution in [3.63, 3.8) is 0 Å². The number of benzene rings is 3. The molecule has 24 heavy (non-hydrogen) atoms. The van der Waals surface area contributed by atoms with Gasteiger partial charge in [0, 0.05) is 0 Å². The normalized spacial score (nSPS) is 11.4. The van der Waals surface area contributed by atoms with E-state index in [4.69, 9.17) is 9.79 Å². The maximum atomic E-state index is 10.9. The van der Waals surface area contributed by atoms with Crippen molar-refractivity contribution < 1.29 is 18.9 Å². The number of phosphoric ester groups is 1. The SMILES string of the molecule is O=P(O)(O)OCc1ccccc1-c1ccc(-c2ccccc2)cc1. The van der Waals surface area contributed by atoms with Crippen molar-refractivity contribution in [3.8, 4) is 22.3 Å². The lowest BCUT2D eigenvalue weighted by Gasteiger charge is -2.11. The van der Waals surface area contributed by atoms with Crippen LogP contribution >= 0.6 is 7.82 Å². The zero-order valence-corrected chi connectivity index (χ0v) is 13.8. The highest BCUT2D eigenvalue weighted by molar-refractivity contribution is 7.46. The van der Waals surface area contributed by atoms with Crippen LogP contribution in [-0.4, -0.2) is 9.79 Å². The number of hydrogen-bond acceptors (Lipinski definition) is 2. The summed E-state index contributed by atoms with van der Waals surface area (Å²) >= 11 is 0. The average Bonchev–Trinajstić information content (AvgIpc) is 2.61. The first kappa shape index (κ1) is 16.6. The Morgan fingerprint density at radius 2 is 1.25 bits per heavy atom. The number of hydrogen-bond donors (Lipinski definition) is 2. The summed E-state index contributed by atoms with van der Waals surface area (Å²) in [6.45, 7) is -0.138. The van der Waals surface area contributed by atoms with Crippen molar-refractivity contribution >= 4 is 7.82 Å². The molecule has 0 saturated heterocycles. The lowest BCUT2D eigenvalue weighted by molar-refractivity contribution is 0.189. The predicted octanol–water partition coefficient (Wildman–Crippen LogP) is 4.63. The Hall–Kier alpha value is -2.23. The molecule has 0 fully saturated rings. The van der Waals surface area contributed by atoms with E-state index in [-0.39, 0.29) is 6.61 Å². The van der Waals surface area contributed by atoms with E-state index in [1.165, 1.54) is 0 Å². The molecule has 0 unspecified atom stereocenters. The van der Waals surface area contributed by atoms with Gasteiger partial charge in [-0.15, -0.1) is 0 Å². The molecule has 0 aliphatic heterocycles. The van der Waals surface area contributed by atoms with Crippen LogP contribution in [0.5, 0.6) is 0 Å². The fourth-order valence-corrected chi connectivity index (χ4v) is 2.86. The Morgan fingerprint density at radius 3 is 1.92 bits per heavy atom. The monoisotopic (exact) mass is 340 g/mol. The third-order valence-electron chi connectivity index (χ3n) is 3.71. The quantitative estimate of drug-likeness (QED) is 0.665. The minimum atomic E-state index is -4.49. The summed E-state index contributed by atoms with van der Waals surface area (Å²) in [5.41, 5.74) is 4.85. The van der Waals surface area contributed by atoms with Gasteiger partial charge in [0.05, 0.1) is 6.61 Å². The van der Waals surface area contributed by atoms with Gasteiger partial charge in [-0.3, -0.25) is 4.52 Å². The fourth-order valence-electron chi connectivity index (χ4n) is 2.55. The van der Waals surface area contributed by atoms with Crippen LogP contribution in [0.4, 0.5) is 0 Å². The van der Waals surface area contributed by atoms with Crippen molar-refractivity contribution in [2.75, 3.05) is 0 Å². The van der Waals surface area contributed by atoms with Crippen LogP contribution in [0, 0.1) is 0 Å². The molecule has 0 aliphatic carbocycles. The van der Waals surface area contributed by atoms with Gasteiger partial charge in [0.15, 0.2) is 0 Å². The van der Waals surface area contributed by atoms with Gasteiger partial charge in [0.1, 0.15) is 0 Å². The van der Waals surface area contributed by atoms with Gasteiger partial charge in [-0.25, -0.2) is 4.57 Å². The van der Waals surface area contributed by atoms with Gasteiger partial charge in [-0.05, 0) is 27.8 Å². The summed E-state index contributed by atoms with van der Waals surface area (Å²) in [5, 5.41) is 0. The molecular weight excluding hydrogens is 323 g/mol. The zero-order valence-electron chi connectivity index (χ0n) is 12.9. The van der Waals surface area contributed by atoms with Crippen molar-refractivity contribution in [2.24, 2.45) is 0 Å². The van der Waals surface area contributed by atoms with E-state index in [1.54, 1.807) is 6.07 Å². The second-order valence-corrected chi connectivity index (χ2v) is 6.60. The van der Waals surface area contributed by atoms with Gasteiger partial charge in [-0.1, -0.05) is 78.9 Å². The molecule has 3 aromatic rings. The maximum Gasteiger partial charge on any atom is 0.469 e. The first-order valence-corrected chi connectivity index (χ1v) is 9.00. The minimum absolute atomic E-state index is 0.138. The van der Waals surface area contributed by atoms with Gasteiger partial charge in [0.2, 0.25) is 0 Å². The molecule has 0 saturated carbocycles.